The van der Waals surface area contributed by atoms with E-state index in [-0.39, 0.29) is 5.60 Å². The van der Waals surface area contributed by atoms with Crippen LogP contribution in [0.4, 0.5) is 13.2 Å². The number of hydrogen-bond donors (Lipinski definition) is 1. The summed E-state index contributed by atoms with van der Waals surface area (Å²) >= 11 is 0. The van der Waals surface area contributed by atoms with Crippen molar-refractivity contribution < 1.29 is 17.9 Å². The third-order valence-corrected chi connectivity index (χ3v) is 6.22. The molecule has 3 fully saturated rings. The van der Waals surface area contributed by atoms with Crippen LogP contribution in [0, 0.1) is 5.92 Å². The Balaban J connectivity index is 1.26. The molecule has 1 aromatic carbocycles. The molecule has 4 rings (SSSR count). The summed E-state index contributed by atoms with van der Waals surface area (Å²) in [6, 6.07) is 6.70. The zero-order valence-corrected chi connectivity index (χ0v) is 15.2. The second kappa shape index (κ2) is 6.80. The number of likely N-dealkylation sites (tertiary alicyclic amines) is 1. The first-order valence-corrected chi connectivity index (χ1v) is 9.62. The van der Waals surface area contributed by atoms with E-state index in [1.807, 2.05) is 0 Å². The summed E-state index contributed by atoms with van der Waals surface area (Å²) in [5.74, 6) is 0.803. The first kappa shape index (κ1) is 18.3. The van der Waals surface area contributed by atoms with Crippen LogP contribution in [0.5, 0.6) is 0 Å². The van der Waals surface area contributed by atoms with Gasteiger partial charge in [0.05, 0.1) is 17.8 Å². The largest absolute Gasteiger partial charge is 0.416 e. The number of ether oxygens (including phenoxy) is 1. The molecule has 2 saturated heterocycles. The van der Waals surface area contributed by atoms with Crippen molar-refractivity contribution in [1.29, 1.82) is 0 Å². The van der Waals surface area contributed by atoms with E-state index < -0.39 is 11.7 Å². The van der Waals surface area contributed by atoms with Gasteiger partial charge in [-0.15, -0.1) is 0 Å². The Labute approximate surface area is 152 Å². The van der Waals surface area contributed by atoms with Crippen molar-refractivity contribution in [2.45, 2.75) is 63.0 Å². The minimum atomic E-state index is -4.27. The molecule has 3 atom stereocenters. The van der Waals surface area contributed by atoms with Gasteiger partial charge in [-0.25, -0.2) is 0 Å². The Hall–Kier alpha value is -1.11. The van der Waals surface area contributed by atoms with E-state index in [9.17, 15) is 13.2 Å². The fraction of sp³-hybridized carbons (Fsp3) is 0.700. The molecule has 0 aromatic heterocycles. The van der Waals surface area contributed by atoms with E-state index in [0.717, 1.165) is 50.4 Å². The number of alkyl halides is 3. The number of nitrogens with zero attached hydrogens (tertiary/aromatic N) is 1. The van der Waals surface area contributed by atoms with Crippen LogP contribution in [-0.4, -0.2) is 42.3 Å². The highest BCUT2D eigenvalue weighted by molar-refractivity contribution is 5.24. The molecule has 3 aliphatic rings. The van der Waals surface area contributed by atoms with E-state index in [4.69, 9.17) is 4.74 Å². The fourth-order valence-electron chi connectivity index (χ4n) is 4.33. The minimum absolute atomic E-state index is 0.00639. The predicted octanol–water partition coefficient (Wildman–Crippen LogP) is 3.83. The average Bonchev–Trinajstić information content (AvgIpc) is 3.14. The van der Waals surface area contributed by atoms with Crippen LogP contribution in [0.25, 0.3) is 0 Å². The number of hydrogen-bond acceptors (Lipinski definition) is 3. The Morgan fingerprint density at radius 1 is 1.19 bits per heavy atom. The molecule has 0 radical (unpaired) electrons. The molecule has 144 valence electrons. The third-order valence-electron chi connectivity index (χ3n) is 6.22. The molecule has 0 bridgehead atoms. The Morgan fingerprint density at radius 3 is 2.42 bits per heavy atom. The molecule has 3 nitrogen and oxygen atoms in total. The first-order chi connectivity index (χ1) is 12.3. The standard InChI is InChI=1S/C20H27F3N2O/c1-14-10-18(14)24-17-11-19(26-13-17)6-8-25(9-7-19)12-15-2-4-16(5-3-15)20(21,22)23/h2-5,14,17-18,24H,6-13H2,1H3/t14-,17?,18-/m1/s1. The summed E-state index contributed by atoms with van der Waals surface area (Å²) in [7, 11) is 0. The van der Waals surface area contributed by atoms with Gasteiger partial charge in [0.1, 0.15) is 0 Å². The van der Waals surface area contributed by atoms with Crippen LogP contribution in [0.3, 0.4) is 0 Å². The van der Waals surface area contributed by atoms with Crippen LogP contribution in [0.1, 0.15) is 43.7 Å². The summed E-state index contributed by atoms with van der Waals surface area (Å²) in [5.41, 5.74) is 0.358. The highest BCUT2D eigenvalue weighted by Gasteiger charge is 2.45. The summed E-state index contributed by atoms with van der Waals surface area (Å²) in [6.07, 6.45) is 0.117. The van der Waals surface area contributed by atoms with Gasteiger partial charge in [0.2, 0.25) is 0 Å². The van der Waals surface area contributed by atoms with Crippen LogP contribution >= 0.6 is 0 Å². The van der Waals surface area contributed by atoms with Gasteiger partial charge in [-0.05, 0) is 49.3 Å². The maximum atomic E-state index is 12.7. The van der Waals surface area contributed by atoms with Crippen molar-refractivity contribution in [2.75, 3.05) is 19.7 Å². The van der Waals surface area contributed by atoms with Gasteiger partial charge in [0.25, 0.3) is 0 Å². The normalized spacial score (nSPS) is 31.5. The third kappa shape index (κ3) is 4.07. The number of piperidine rings is 1. The maximum Gasteiger partial charge on any atom is 0.416 e. The lowest BCUT2D eigenvalue weighted by atomic mass is 9.87. The zero-order valence-electron chi connectivity index (χ0n) is 15.2. The predicted molar refractivity (Wildman–Crippen MR) is 93.7 cm³/mol. The van der Waals surface area contributed by atoms with Crippen molar-refractivity contribution in [3.8, 4) is 0 Å². The van der Waals surface area contributed by atoms with E-state index in [1.54, 1.807) is 12.1 Å². The topological polar surface area (TPSA) is 24.5 Å². The molecule has 2 heterocycles. The van der Waals surface area contributed by atoms with E-state index in [1.165, 1.54) is 18.6 Å². The molecule has 1 spiro atoms. The highest BCUT2D eigenvalue weighted by atomic mass is 19.4. The Kier molecular flexibility index (Phi) is 4.78. The second-order valence-corrected chi connectivity index (χ2v) is 8.35. The summed E-state index contributed by atoms with van der Waals surface area (Å²) in [6.45, 7) is 5.67. The Morgan fingerprint density at radius 2 is 1.85 bits per heavy atom. The zero-order chi connectivity index (χ0) is 18.4. The quantitative estimate of drug-likeness (QED) is 0.874. The maximum absolute atomic E-state index is 12.7. The van der Waals surface area contributed by atoms with Crippen LogP contribution in [0.15, 0.2) is 24.3 Å². The molecule has 0 amide bonds. The van der Waals surface area contributed by atoms with Crippen molar-refractivity contribution in [3.05, 3.63) is 35.4 Å². The SMILES string of the molecule is C[C@@H]1C[C@H]1NC1COC2(CCN(Cc3ccc(C(F)(F)F)cc3)CC2)C1. The number of rotatable bonds is 4. The number of nitrogens with one attached hydrogen (secondary N) is 1. The van der Waals surface area contributed by atoms with Crippen molar-refractivity contribution >= 4 is 0 Å². The van der Waals surface area contributed by atoms with Gasteiger partial charge in [-0.1, -0.05) is 19.1 Å². The smallest absolute Gasteiger partial charge is 0.373 e. The van der Waals surface area contributed by atoms with E-state index in [2.05, 4.69) is 17.1 Å². The van der Waals surface area contributed by atoms with Gasteiger partial charge in [-0.3, -0.25) is 4.90 Å². The average molecular weight is 368 g/mol. The molecular weight excluding hydrogens is 341 g/mol. The van der Waals surface area contributed by atoms with Gasteiger partial charge in [0, 0.05) is 31.7 Å². The summed E-state index contributed by atoms with van der Waals surface area (Å²) < 4.78 is 44.2. The van der Waals surface area contributed by atoms with Gasteiger partial charge in [-0.2, -0.15) is 13.2 Å². The molecule has 26 heavy (non-hydrogen) atoms. The second-order valence-electron chi connectivity index (χ2n) is 8.35. The monoisotopic (exact) mass is 368 g/mol. The van der Waals surface area contributed by atoms with Crippen LogP contribution in [-0.2, 0) is 17.5 Å². The first-order valence-electron chi connectivity index (χ1n) is 9.62. The highest BCUT2D eigenvalue weighted by Crippen LogP contribution is 2.38. The molecule has 1 N–H and O–H groups in total. The lowest BCUT2D eigenvalue weighted by Gasteiger charge is -2.38. The molecular formula is C20H27F3N2O. The van der Waals surface area contributed by atoms with Crippen LogP contribution in [0.2, 0.25) is 0 Å². The van der Waals surface area contributed by atoms with Gasteiger partial charge in [0.15, 0.2) is 0 Å². The molecule has 1 unspecified atom stereocenters. The van der Waals surface area contributed by atoms with Gasteiger partial charge >= 0.3 is 6.18 Å². The molecule has 2 aliphatic heterocycles. The molecule has 1 saturated carbocycles. The Bertz CT molecular complexity index is 623. The molecule has 1 aliphatic carbocycles. The molecule has 1 aromatic rings. The number of benzene rings is 1. The van der Waals surface area contributed by atoms with Gasteiger partial charge < -0.3 is 10.1 Å². The van der Waals surface area contributed by atoms with E-state index >= 15 is 0 Å². The van der Waals surface area contributed by atoms with Crippen molar-refractivity contribution in [1.82, 2.24) is 10.2 Å². The summed E-state index contributed by atoms with van der Waals surface area (Å²) in [4.78, 5) is 2.32. The van der Waals surface area contributed by atoms with Crippen molar-refractivity contribution in [2.24, 2.45) is 5.92 Å². The van der Waals surface area contributed by atoms with Crippen LogP contribution < -0.4 is 5.32 Å². The molecule has 6 heteroatoms. The minimum Gasteiger partial charge on any atom is -0.373 e. The number of halogens is 3. The lowest BCUT2D eigenvalue weighted by molar-refractivity contribution is -0.137. The summed E-state index contributed by atoms with van der Waals surface area (Å²) in [5, 5.41) is 3.71. The fourth-order valence-corrected chi connectivity index (χ4v) is 4.33. The lowest BCUT2D eigenvalue weighted by Crippen LogP contribution is -2.44. The van der Waals surface area contributed by atoms with Crippen molar-refractivity contribution in [3.63, 3.8) is 0 Å². The van der Waals surface area contributed by atoms with E-state index in [0.29, 0.717) is 18.6 Å².